The number of nitrogens with zero attached hydrogens (tertiary/aromatic N) is 3. The molecule has 0 bridgehead atoms. The predicted octanol–water partition coefficient (Wildman–Crippen LogP) is 0.169. The first kappa shape index (κ1) is 14.8. The van der Waals surface area contributed by atoms with Crippen LogP contribution in [0.25, 0.3) is 0 Å². The van der Waals surface area contributed by atoms with Crippen molar-refractivity contribution in [3.8, 4) is 0 Å². The van der Waals surface area contributed by atoms with Crippen LogP contribution in [0, 0.1) is 11.8 Å². The van der Waals surface area contributed by atoms with Crippen LogP contribution in [0.2, 0.25) is 0 Å². The lowest BCUT2D eigenvalue weighted by Crippen LogP contribution is -2.45. The Morgan fingerprint density at radius 3 is 2.50 bits per heavy atom. The van der Waals surface area contributed by atoms with E-state index in [0.29, 0.717) is 5.92 Å². The number of amidine groups is 1. The van der Waals surface area contributed by atoms with Gasteiger partial charge in [-0.3, -0.25) is 4.79 Å². The molecule has 0 spiro atoms. The van der Waals surface area contributed by atoms with Crippen LogP contribution in [0.15, 0.2) is 5.16 Å². The van der Waals surface area contributed by atoms with E-state index in [0.717, 1.165) is 32.5 Å². The maximum atomic E-state index is 12.1. The van der Waals surface area contributed by atoms with E-state index in [1.165, 1.54) is 0 Å². The highest BCUT2D eigenvalue weighted by Gasteiger charge is 2.27. The lowest BCUT2D eigenvalue weighted by molar-refractivity contribution is -0.134. The Morgan fingerprint density at radius 1 is 1.50 bits per heavy atom. The van der Waals surface area contributed by atoms with Crippen LogP contribution < -0.4 is 5.73 Å². The van der Waals surface area contributed by atoms with Gasteiger partial charge < -0.3 is 20.7 Å². The minimum atomic E-state index is -0.541. The lowest BCUT2D eigenvalue weighted by atomic mass is 9.95. The van der Waals surface area contributed by atoms with Crippen LogP contribution in [0.4, 0.5) is 0 Å². The maximum Gasteiger partial charge on any atom is 0.233 e. The summed E-state index contributed by atoms with van der Waals surface area (Å²) in [5, 5.41) is 11.5. The molecule has 0 aromatic carbocycles. The molecule has 1 atom stereocenters. The van der Waals surface area contributed by atoms with Gasteiger partial charge in [0.25, 0.3) is 0 Å². The molecule has 0 aromatic rings. The maximum absolute atomic E-state index is 12.1. The molecule has 18 heavy (non-hydrogen) atoms. The Morgan fingerprint density at radius 2 is 2.06 bits per heavy atom. The molecule has 0 aromatic heterocycles. The number of carbonyl (C=O) groups is 1. The van der Waals surface area contributed by atoms with E-state index in [1.807, 2.05) is 4.90 Å². The number of hydrogen-bond acceptors (Lipinski definition) is 4. The van der Waals surface area contributed by atoms with Gasteiger partial charge in [-0.2, -0.15) is 0 Å². The first-order chi connectivity index (χ1) is 8.45. The summed E-state index contributed by atoms with van der Waals surface area (Å²) in [6.45, 7) is 4.27. The number of rotatable bonds is 4. The van der Waals surface area contributed by atoms with Gasteiger partial charge in [0.05, 0.1) is 5.92 Å². The molecule has 1 fully saturated rings. The molecule has 1 heterocycles. The van der Waals surface area contributed by atoms with Gasteiger partial charge in [-0.15, -0.1) is 0 Å². The van der Waals surface area contributed by atoms with Crippen LogP contribution in [0.1, 0.15) is 19.8 Å². The Bertz CT molecular complexity index is 309. The number of likely N-dealkylation sites (tertiary alicyclic amines) is 1. The molecule has 0 saturated carbocycles. The molecule has 3 N–H and O–H groups in total. The number of nitrogens with two attached hydrogens (primary N) is 1. The van der Waals surface area contributed by atoms with Gasteiger partial charge in [-0.05, 0) is 39.8 Å². The number of piperidine rings is 1. The molecule has 6 heteroatoms. The highest BCUT2D eigenvalue weighted by Crippen LogP contribution is 2.19. The SMILES string of the molecule is CC(C(=O)N1CCC(CN(C)C)CC1)C(N)=NO. The second kappa shape index (κ2) is 6.58. The fourth-order valence-electron chi connectivity index (χ4n) is 2.34. The van der Waals surface area contributed by atoms with E-state index in [-0.39, 0.29) is 11.7 Å². The van der Waals surface area contributed by atoms with E-state index in [9.17, 15) is 4.79 Å². The summed E-state index contributed by atoms with van der Waals surface area (Å²) in [6, 6.07) is 0. The normalized spacial score (nSPS) is 20.2. The third kappa shape index (κ3) is 3.87. The smallest absolute Gasteiger partial charge is 0.233 e. The molecule has 6 nitrogen and oxygen atoms in total. The Kier molecular flexibility index (Phi) is 5.40. The van der Waals surface area contributed by atoms with E-state index >= 15 is 0 Å². The summed E-state index contributed by atoms with van der Waals surface area (Å²) in [4.78, 5) is 16.1. The van der Waals surface area contributed by atoms with Crippen molar-refractivity contribution in [1.29, 1.82) is 0 Å². The second-order valence-corrected chi connectivity index (χ2v) is 5.28. The van der Waals surface area contributed by atoms with E-state index in [2.05, 4.69) is 24.2 Å². The molecule has 1 aliphatic rings. The summed E-state index contributed by atoms with van der Waals surface area (Å²) >= 11 is 0. The van der Waals surface area contributed by atoms with Crippen molar-refractivity contribution in [2.24, 2.45) is 22.7 Å². The average Bonchev–Trinajstić information content (AvgIpc) is 2.36. The van der Waals surface area contributed by atoms with Gasteiger partial charge in [0.1, 0.15) is 0 Å². The number of amides is 1. The van der Waals surface area contributed by atoms with E-state index in [1.54, 1.807) is 6.92 Å². The van der Waals surface area contributed by atoms with Crippen LogP contribution in [-0.4, -0.2) is 60.5 Å². The highest BCUT2D eigenvalue weighted by molar-refractivity contribution is 6.01. The molecular formula is C12H24N4O2. The molecule has 1 unspecified atom stereocenters. The highest BCUT2D eigenvalue weighted by atomic mass is 16.4. The average molecular weight is 256 g/mol. The number of hydrogen-bond donors (Lipinski definition) is 2. The van der Waals surface area contributed by atoms with Crippen molar-refractivity contribution >= 4 is 11.7 Å². The molecule has 0 radical (unpaired) electrons. The monoisotopic (exact) mass is 256 g/mol. The predicted molar refractivity (Wildman–Crippen MR) is 70.4 cm³/mol. The minimum Gasteiger partial charge on any atom is -0.409 e. The van der Waals surface area contributed by atoms with Crippen molar-refractivity contribution in [1.82, 2.24) is 9.80 Å². The fourth-order valence-corrected chi connectivity index (χ4v) is 2.34. The third-order valence-electron chi connectivity index (χ3n) is 3.48. The van der Waals surface area contributed by atoms with Gasteiger partial charge in [-0.25, -0.2) is 0 Å². The molecule has 1 saturated heterocycles. The summed E-state index contributed by atoms with van der Waals surface area (Å²) in [6.07, 6.45) is 2.04. The first-order valence-electron chi connectivity index (χ1n) is 6.36. The standard InChI is InChI=1S/C12H24N4O2/c1-9(11(13)14-18)12(17)16-6-4-10(5-7-16)8-15(2)3/h9-10,18H,4-8H2,1-3H3,(H2,13,14). The number of carbonyl (C=O) groups excluding carboxylic acids is 1. The Labute approximate surface area is 108 Å². The summed E-state index contributed by atoms with van der Waals surface area (Å²) in [5.41, 5.74) is 5.46. The van der Waals surface area contributed by atoms with E-state index in [4.69, 9.17) is 10.9 Å². The largest absolute Gasteiger partial charge is 0.409 e. The molecular weight excluding hydrogens is 232 g/mol. The summed E-state index contributed by atoms with van der Waals surface area (Å²) in [7, 11) is 4.13. The summed E-state index contributed by atoms with van der Waals surface area (Å²) in [5.74, 6) is 0.0487. The molecule has 1 aliphatic heterocycles. The zero-order valence-electron chi connectivity index (χ0n) is 11.5. The Hall–Kier alpha value is -1.30. The number of oxime groups is 1. The van der Waals surface area contributed by atoms with Gasteiger partial charge in [0, 0.05) is 19.6 Å². The molecule has 1 rings (SSSR count). The van der Waals surface area contributed by atoms with Crippen molar-refractivity contribution in [2.45, 2.75) is 19.8 Å². The van der Waals surface area contributed by atoms with Crippen LogP contribution in [-0.2, 0) is 4.79 Å². The van der Waals surface area contributed by atoms with Crippen molar-refractivity contribution < 1.29 is 10.0 Å². The second-order valence-electron chi connectivity index (χ2n) is 5.28. The van der Waals surface area contributed by atoms with Crippen LogP contribution >= 0.6 is 0 Å². The first-order valence-corrected chi connectivity index (χ1v) is 6.36. The van der Waals surface area contributed by atoms with Gasteiger partial charge in [-0.1, -0.05) is 5.16 Å². The zero-order chi connectivity index (χ0) is 13.7. The van der Waals surface area contributed by atoms with Crippen molar-refractivity contribution in [2.75, 3.05) is 33.7 Å². The van der Waals surface area contributed by atoms with Crippen LogP contribution in [0.3, 0.4) is 0 Å². The van der Waals surface area contributed by atoms with Crippen molar-refractivity contribution in [3.05, 3.63) is 0 Å². The van der Waals surface area contributed by atoms with Gasteiger partial charge >= 0.3 is 0 Å². The summed E-state index contributed by atoms with van der Waals surface area (Å²) < 4.78 is 0. The van der Waals surface area contributed by atoms with Crippen molar-refractivity contribution in [3.63, 3.8) is 0 Å². The minimum absolute atomic E-state index is 0.0181. The lowest BCUT2D eigenvalue weighted by Gasteiger charge is -2.34. The van der Waals surface area contributed by atoms with Gasteiger partial charge in [0.15, 0.2) is 5.84 Å². The fraction of sp³-hybridized carbons (Fsp3) is 0.833. The molecule has 104 valence electrons. The molecule has 1 amide bonds. The quantitative estimate of drug-likeness (QED) is 0.325. The van der Waals surface area contributed by atoms with E-state index < -0.39 is 5.92 Å². The van der Waals surface area contributed by atoms with Gasteiger partial charge in [0.2, 0.25) is 5.91 Å². The zero-order valence-corrected chi connectivity index (χ0v) is 11.5. The third-order valence-corrected chi connectivity index (χ3v) is 3.48. The van der Waals surface area contributed by atoms with Crippen LogP contribution in [0.5, 0.6) is 0 Å². The Balaban J connectivity index is 2.45. The topological polar surface area (TPSA) is 82.2 Å². The molecule has 0 aliphatic carbocycles.